The number of carbonyl (C=O) groups excluding carboxylic acids is 2. The molecule has 1 saturated carbocycles. The number of nitrogens with zero attached hydrogens (tertiary/aromatic N) is 3. The molecule has 4 aliphatic rings. The minimum Gasteiger partial charge on any atom is -0.337 e. The number of amides is 2. The molecule has 5 nitrogen and oxygen atoms in total. The molecule has 1 aliphatic carbocycles. The second-order valence-electron chi connectivity index (χ2n) is 7.14. The Morgan fingerprint density at radius 3 is 2.74 bits per heavy atom. The van der Waals surface area contributed by atoms with Crippen LogP contribution < -0.4 is 0 Å². The summed E-state index contributed by atoms with van der Waals surface area (Å²) < 4.78 is 0. The monoisotopic (exact) mass is 313 g/mol. The number of rotatable bonds is 3. The summed E-state index contributed by atoms with van der Waals surface area (Å²) in [5.74, 6) is 0.880. The molecule has 2 atom stereocenters. The van der Waals surface area contributed by atoms with Crippen molar-refractivity contribution in [2.45, 2.75) is 38.1 Å². The quantitative estimate of drug-likeness (QED) is 0.857. The van der Waals surface area contributed by atoms with Crippen molar-refractivity contribution in [2.75, 3.05) is 19.6 Å². The predicted molar refractivity (Wildman–Crippen MR) is 85.7 cm³/mol. The maximum Gasteiger partial charge on any atom is 0.272 e. The first-order chi connectivity index (χ1) is 11.2. The number of pyridine rings is 1. The van der Waals surface area contributed by atoms with Gasteiger partial charge in [-0.25, -0.2) is 0 Å². The van der Waals surface area contributed by atoms with E-state index in [0.29, 0.717) is 24.7 Å². The highest BCUT2D eigenvalue weighted by Crippen LogP contribution is 2.34. The van der Waals surface area contributed by atoms with Gasteiger partial charge in [0.05, 0.1) is 5.92 Å². The Morgan fingerprint density at radius 2 is 2.04 bits per heavy atom. The molecule has 0 N–H and O–H groups in total. The van der Waals surface area contributed by atoms with Gasteiger partial charge in [-0.1, -0.05) is 12.5 Å². The van der Waals surface area contributed by atoms with Gasteiger partial charge in [-0.2, -0.15) is 0 Å². The third kappa shape index (κ3) is 2.73. The van der Waals surface area contributed by atoms with Crippen molar-refractivity contribution in [3.8, 4) is 0 Å². The highest BCUT2D eigenvalue weighted by Gasteiger charge is 2.43. The van der Waals surface area contributed by atoms with E-state index in [1.807, 2.05) is 17.0 Å². The smallest absolute Gasteiger partial charge is 0.272 e. The summed E-state index contributed by atoms with van der Waals surface area (Å²) in [5, 5.41) is 0. The average molecular weight is 313 g/mol. The minimum atomic E-state index is -0.0409. The van der Waals surface area contributed by atoms with E-state index in [-0.39, 0.29) is 23.8 Å². The molecule has 1 aromatic heterocycles. The summed E-state index contributed by atoms with van der Waals surface area (Å²) in [5.41, 5.74) is 0.479. The lowest BCUT2D eigenvalue weighted by Crippen LogP contribution is -2.50. The van der Waals surface area contributed by atoms with E-state index in [9.17, 15) is 9.59 Å². The fourth-order valence-corrected chi connectivity index (χ4v) is 4.05. The van der Waals surface area contributed by atoms with Crippen LogP contribution in [0.15, 0.2) is 24.4 Å². The number of carbonyl (C=O) groups is 2. The van der Waals surface area contributed by atoms with Crippen LogP contribution in [0, 0.1) is 11.8 Å². The van der Waals surface area contributed by atoms with Gasteiger partial charge in [-0.3, -0.25) is 14.6 Å². The largest absolute Gasteiger partial charge is 0.337 e. The van der Waals surface area contributed by atoms with E-state index in [1.54, 1.807) is 12.3 Å². The fraction of sp³-hybridized carbons (Fsp3) is 0.611. The lowest BCUT2D eigenvalue weighted by molar-refractivity contribution is -0.141. The van der Waals surface area contributed by atoms with E-state index in [4.69, 9.17) is 0 Å². The Balaban J connectivity index is 1.52. The molecule has 0 spiro atoms. The van der Waals surface area contributed by atoms with Gasteiger partial charge >= 0.3 is 0 Å². The number of hydrogen-bond acceptors (Lipinski definition) is 3. The maximum atomic E-state index is 12.8. The molecule has 3 aliphatic heterocycles. The van der Waals surface area contributed by atoms with Gasteiger partial charge in [0.15, 0.2) is 0 Å². The van der Waals surface area contributed by atoms with Gasteiger partial charge in [-0.05, 0) is 43.7 Å². The first-order valence-corrected chi connectivity index (χ1v) is 8.73. The van der Waals surface area contributed by atoms with Crippen molar-refractivity contribution >= 4 is 11.8 Å². The summed E-state index contributed by atoms with van der Waals surface area (Å²) >= 11 is 0. The topological polar surface area (TPSA) is 53.5 Å². The molecule has 122 valence electrons. The van der Waals surface area contributed by atoms with E-state index < -0.39 is 0 Å². The van der Waals surface area contributed by atoms with Crippen LogP contribution in [-0.4, -0.2) is 52.3 Å². The highest BCUT2D eigenvalue weighted by molar-refractivity contribution is 5.93. The molecule has 2 bridgehead atoms. The molecule has 4 heterocycles. The van der Waals surface area contributed by atoms with Crippen LogP contribution in [0.1, 0.15) is 42.6 Å². The van der Waals surface area contributed by atoms with Crippen molar-refractivity contribution in [3.63, 3.8) is 0 Å². The highest BCUT2D eigenvalue weighted by atomic mass is 16.2. The Labute approximate surface area is 136 Å². The number of aromatic nitrogens is 1. The minimum absolute atomic E-state index is 0.0264. The standard InChI is InChI=1S/C18H23N3O2/c22-17-14-7-8-15(21(17)10-13-4-3-5-13)12-20(11-14)18(23)16-6-1-2-9-19-16/h1-2,6,9,13-15H,3-5,7-8,10-12H2. The fourth-order valence-electron chi connectivity index (χ4n) is 4.05. The summed E-state index contributed by atoms with van der Waals surface area (Å²) in [6, 6.07) is 5.59. The third-order valence-corrected chi connectivity index (χ3v) is 5.64. The van der Waals surface area contributed by atoms with Gasteiger partial charge in [-0.15, -0.1) is 0 Å². The van der Waals surface area contributed by atoms with Crippen molar-refractivity contribution in [1.29, 1.82) is 0 Å². The zero-order valence-electron chi connectivity index (χ0n) is 13.4. The molecule has 4 fully saturated rings. The van der Waals surface area contributed by atoms with Gasteiger partial charge in [0.2, 0.25) is 5.91 Å². The summed E-state index contributed by atoms with van der Waals surface area (Å²) in [7, 11) is 0. The molecule has 0 radical (unpaired) electrons. The van der Waals surface area contributed by atoms with Crippen LogP contribution in [0.4, 0.5) is 0 Å². The zero-order chi connectivity index (χ0) is 15.8. The maximum absolute atomic E-state index is 12.8. The normalized spacial score (nSPS) is 27.7. The molecule has 23 heavy (non-hydrogen) atoms. The van der Waals surface area contributed by atoms with E-state index >= 15 is 0 Å². The van der Waals surface area contributed by atoms with E-state index in [0.717, 1.165) is 19.4 Å². The van der Waals surface area contributed by atoms with Crippen molar-refractivity contribution in [1.82, 2.24) is 14.8 Å². The van der Waals surface area contributed by atoms with Crippen molar-refractivity contribution in [2.24, 2.45) is 11.8 Å². The molecule has 1 aromatic rings. The summed E-state index contributed by atoms with van der Waals surface area (Å²) in [4.78, 5) is 33.6. The average Bonchev–Trinajstić information content (AvgIpc) is 2.83. The summed E-state index contributed by atoms with van der Waals surface area (Å²) in [6.45, 7) is 2.10. The molecule has 5 heteroatoms. The van der Waals surface area contributed by atoms with E-state index in [1.165, 1.54) is 19.3 Å². The first kappa shape index (κ1) is 14.7. The molecule has 2 amide bonds. The Morgan fingerprint density at radius 1 is 1.17 bits per heavy atom. The number of hydrogen-bond donors (Lipinski definition) is 0. The molecule has 3 saturated heterocycles. The van der Waals surface area contributed by atoms with Crippen LogP contribution >= 0.6 is 0 Å². The van der Waals surface area contributed by atoms with Crippen LogP contribution in [-0.2, 0) is 4.79 Å². The SMILES string of the molecule is O=C(c1ccccn1)N1CC2CCC(C1)N(CC1CCC1)C2=O. The lowest BCUT2D eigenvalue weighted by atomic mass is 9.83. The third-order valence-electron chi connectivity index (χ3n) is 5.64. The molecular weight excluding hydrogens is 290 g/mol. The Kier molecular flexibility index (Phi) is 3.79. The zero-order valence-corrected chi connectivity index (χ0v) is 13.4. The van der Waals surface area contributed by atoms with Gasteiger partial charge in [0, 0.05) is 31.9 Å². The summed E-state index contributed by atoms with van der Waals surface area (Å²) in [6.07, 6.45) is 7.38. The van der Waals surface area contributed by atoms with Crippen LogP contribution in [0.5, 0.6) is 0 Å². The van der Waals surface area contributed by atoms with Crippen LogP contribution in [0.25, 0.3) is 0 Å². The van der Waals surface area contributed by atoms with Gasteiger partial charge < -0.3 is 9.80 Å². The van der Waals surface area contributed by atoms with Gasteiger partial charge in [0.25, 0.3) is 5.91 Å². The Hall–Kier alpha value is -1.91. The first-order valence-electron chi connectivity index (χ1n) is 8.73. The van der Waals surface area contributed by atoms with Crippen molar-refractivity contribution < 1.29 is 9.59 Å². The Bertz CT molecular complexity index is 600. The molecule has 0 aromatic carbocycles. The van der Waals surface area contributed by atoms with Gasteiger partial charge in [0.1, 0.15) is 5.69 Å². The second kappa shape index (κ2) is 5.95. The van der Waals surface area contributed by atoms with E-state index in [2.05, 4.69) is 9.88 Å². The lowest BCUT2D eigenvalue weighted by Gasteiger charge is -2.40. The second-order valence-corrected chi connectivity index (χ2v) is 7.14. The number of fused-ring (bicyclic) bond motifs is 4. The van der Waals surface area contributed by atoms with Crippen molar-refractivity contribution in [3.05, 3.63) is 30.1 Å². The molecular formula is C18H23N3O2. The number of piperidine rings is 1. The molecule has 5 rings (SSSR count). The molecule has 2 unspecified atom stereocenters. The van der Waals surface area contributed by atoms with Crippen LogP contribution in [0.2, 0.25) is 0 Å². The predicted octanol–water partition coefficient (Wildman–Crippen LogP) is 1.94. The van der Waals surface area contributed by atoms with Crippen LogP contribution in [0.3, 0.4) is 0 Å².